The number of amides is 2. The molecule has 1 saturated heterocycles. The third-order valence-electron chi connectivity index (χ3n) is 2.70. The van der Waals surface area contributed by atoms with Gasteiger partial charge in [0.2, 0.25) is 11.8 Å². The molecule has 5 heteroatoms. The van der Waals surface area contributed by atoms with E-state index in [0.29, 0.717) is 13.0 Å². The maximum Gasteiger partial charge on any atom is 0.242 e. The van der Waals surface area contributed by atoms with E-state index in [-0.39, 0.29) is 24.4 Å². The molecule has 0 aliphatic carbocycles. The van der Waals surface area contributed by atoms with E-state index in [1.807, 2.05) is 23.8 Å². The molecular formula is C11H14N2O2S. The Hall–Kier alpha value is -1.36. The highest BCUT2D eigenvalue weighted by molar-refractivity contribution is 7.07. The standard InChI is InChI=1S/C11H14N2O2S/c1-8-4-10(14)12-5-11(15)13(8)6-9-2-3-16-7-9/h2-3,7-8H,4-6H2,1H3,(H,12,14). The van der Waals surface area contributed by atoms with Gasteiger partial charge in [-0.15, -0.1) is 0 Å². The zero-order chi connectivity index (χ0) is 11.5. The van der Waals surface area contributed by atoms with Gasteiger partial charge in [-0.3, -0.25) is 9.59 Å². The van der Waals surface area contributed by atoms with Gasteiger partial charge >= 0.3 is 0 Å². The molecule has 1 aromatic rings. The lowest BCUT2D eigenvalue weighted by molar-refractivity contribution is -0.132. The third-order valence-corrected chi connectivity index (χ3v) is 3.44. The van der Waals surface area contributed by atoms with Crippen molar-refractivity contribution in [1.29, 1.82) is 0 Å². The third kappa shape index (κ3) is 2.41. The first-order chi connectivity index (χ1) is 7.66. The first-order valence-electron chi connectivity index (χ1n) is 5.24. The molecule has 0 aromatic carbocycles. The Balaban J connectivity index is 2.11. The molecule has 0 bridgehead atoms. The fourth-order valence-electron chi connectivity index (χ4n) is 1.80. The maximum atomic E-state index is 11.8. The van der Waals surface area contributed by atoms with Gasteiger partial charge in [-0.05, 0) is 29.3 Å². The highest BCUT2D eigenvalue weighted by atomic mass is 32.1. The molecule has 1 aliphatic rings. The quantitative estimate of drug-likeness (QED) is 0.835. The normalized spacial score (nSPS) is 21.8. The van der Waals surface area contributed by atoms with E-state index in [9.17, 15) is 9.59 Å². The summed E-state index contributed by atoms with van der Waals surface area (Å²) in [5.41, 5.74) is 1.12. The van der Waals surface area contributed by atoms with Gasteiger partial charge in [0.05, 0.1) is 6.54 Å². The molecule has 1 aliphatic heterocycles. The molecule has 86 valence electrons. The van der Waals surface area contributed by atoms with Gasteiger partial charge in [0, 0.05) is 19.0 Å². The van der Waals surface area contributed by atoms with Crippen LogP contribution in [0.1, 0.15) is 18.9 Å². The predicted octanol–water partition coefficient (Wildman–Crippen LogP) is 0.985. The molecule has 16 heavy (non-hydrogen) atoms. The Morgan fingerprint density at radius 2 is 2.38 bits per heavy atom. The highest BCUT2D eigenvalue weighted by Gasteiger charge is 2.26. The minimum absolute atomic E-state index is 0.00968. The number of rotatable bonds is 2. The van der Waals surface area contributed by atoms with Crippen LogP contribution in [0.5, 0.6) is 0 Å². The number of carbonyl (C=O) groups excluding carboxylic acids is 2. The van der Waals surface area contributed by atoms with Crippen molar-refractivity contribution < 1.29 is 9.59 Å². The number of nitrogens with one attached hydrogen (secondary N) is 1. The van der Waals surface area contributed by atoms with Crippen molar-refractivity contribution >= 4 is 23.2 Å². The summed E-state index contributed by atoms with van der Waals surface area (Å²) in [5, 5.41) is 6.63. The van der Waals surface area contributed by atoms with Crippen LogP contribution in [0.15, 0.2) is 16.8 Å². The number of thiophene rings is 1. The number of hydrogen-bond acceptors (Lipinski definition) is 3. The average molecular weight is 238 g/mol. The van der Waals surface area contributed by atoms with Gasteiger partial charge in [-0.1, -0.05) is 0 Å². The van der Waals surface area contributed by atoms with Crippen molar-refractivity contribution in [2.45, 2.75) is 25.9 Å². The van der Waals surface area contributed by atoms with Gasteiger partial charge in [0.1, 0.15) is 0 Å². The fraction of sp³-hybridized carbons (Fsp3) is 0.455. The number of nitrogens with zero attached hydrogens (tertiary/aromatic N) is 1. The fourth-order valence-corrected chi connectivity index (χ4v) is 2.46. The van der Waals surface area contributed by atoms with Crippen LogP contribution in [0.4, 0.5) is 0 Å². The van der Waals surface area contributed by atoms with E-state index < -0.39 is 0 Å². The Morgan fingerprint density at radius 3 is 3.06 bits per heavy atom. The summed E-state index contributed by atoms with van der Waals surface area (Å²) in [4.78, 5) is 24.9. The average Bonchev–Trinajstić information content (AvgIpc) is 2.71. The molecule has 0 spiro atoms. The molecule has 0 radical (unpaired) electrons. The largest absolute Gasteiger partial charge is 0.347 e. The van der Waals surface area contributed by atoms with Crippen molar-refractivity contribution in [2.75, 3.05) is 6.54 Å². The Bertz CT molecular complexity index is 389. The summed E-state index contributed by atoms with van der Waals surface area (Å²) in [6, 6.07) is 1.97. The van der Waals surface area contributed by atoms with Crippen LogP contribution in [0.3, 0.4) is 0 Å². The molecule has 1 aromatic heterocycles. The molecule has 1 N–H and O–H groups in total. The maximum absolute atomic E-state index is 11.8. The first-order valence-corrected chi connectivity index (χ1v) is 6.18. The van der Waals surface area contributed by atoms with Crippen LogP contribution in [0.25, 0.3) is 0 Å². The molecule has 1 unspecified atom stereocenters. The number of carbonyl (C=O) groups is 2. The summed E-state index contributed by atoms with van der Waals surface area (Å²) in [5.74, 6) is -0.0572. The van der Waals surface area contributed by atoms with E-state index >= 15 is 0 Å². The van der Waals surface area contributed by atoms with Crippen molar-refractivity contribution in [2.24, 2.45) is 0 Å². The monoisotopic (exact) mass is 238 g/mol. The first kappa shape index (κ1) is 11.1. The summed E-state index contributed by atoms with van der Waals surface area (Å²) in [6.07, 6.45) is 0.385. The molecule has 0 saturated carbocycles. The van der Waals surface area contributed by atoms with Gasteiger partial charge in [-0.25, -0.2) is 0 Å². The molecule has 2 heterocycles. The van der Waals surface area contributed by atoms with Crippen LogP contribution in [-0.4, -0.2) is 29.3 Å². The van der Waals surface area contributed by atoms with E-state index in [2.05, 4.69) is 5.32 Å². The van der Waals surface area contributed by atoms with Crippen LogP contribution in [-0.2, 0) is 16.1 Å². The minimum Gasteiger partial charge on any atom is -0.347 e. The van der Waals surface area contributed by atoms with Crippen LogP contribution >= 0.6 is 11.3 Å². The molecule has 2 amide bonds. The van der Waals surface area contributed by atoms with Crippen molar-refractivity contribution in [3.8, 4) is 0 Å². The second-order valence-corrected chi connectivity index (χ2v) is 4.76. The van der Waals surface area contributed by atoms with Crippen LogP contribution < -0.4 is 5.32 Å². The zero-order valence-electron chi connectivity index (χ0n) is 9.10. The van der Waals surface area contributed by atoms with E-state index in [1.54, 1.807) is 16.2 Å². The van der Waals surface area contributed by atoms with Crippen LogP contribution in [0, 0.1) is 0 Å². The SMILES string of the molecule is CC1CC(=O)NCC(=O)N1Cc1ccsc1. The Kier molecular flexibility index (Phi) is 3.24. The molecule has 1 fully saturated rings. The van der Waals surface area contributed by atoms with Gasteiger partial charge in [0.25, 0.3) is 0 Å². The summed E-state index contributed by atoms with van der Waals surface area (Å²) < 4.78 is 0. The summed E-state index contributed by atoms with van der Waals surface area (Å²) >= 11 is 1.62. The summed E-state index contributed by atoms with van der Waals surface area (Å²) in [7, 11) is 0. The lowest BCUT2D eigenvalue weighted by atomic mass is 10.2. The predicted molar refractivity (Wildman–Crippen MR) is 62.0 cm³/mol. The Labute approximate surface area is 98.3 Å². The van der Waals surface area contributed by atoms with Crippen LogP contribution in [0.2, 0.25) is 0 Å². The second kappa shape index (κ2) is 4.65. The zero-order valence-corrected chi connectivity index (χ0v) is 9.92. The smallest absolute Gasteiger partial charge is 0.242 e. The lowest BCUT2D eigenvalue weighted by Gasteiger charge is -2.25. The van der Waals surface area contributed by atoms with Crippen molar-refractivity contribution in [1.82, 2.24) is 10.2 Å². The van der Waals surface area contributed by atoms with Gasteiger partial charge in [-0.2, -0.15) is 11.3 Å². The topological polar surface area (TPSA) is 49.4 Å². The minimum atomic E-state index is -0.0475. The van der Waals surface area contributed by atoms with Gasteiger partial charge < -0.3 is 10.2 Å². The highest BCUT2D eigenvalue weighted by Crippen LogP contribution is 2.15. The summed E-state index contributed by atoms with van der Waals surface area (Å²) in [6.45, 7) is 2.63. The lowest BCUT2D eigenvalue weighted by Crippen LogP contribution is -2.38. The molecule has 2 rings (SSSR count). The van der Waals surface area contributed by atoms with Gasteiger partial charge in [0.15, 0.2) is 0 Å². The van der Waals surface area contributed by atoms with E-state index in [4.69, 9.17) is 0 Å². The molecular weight excluding hydrogens is 224 g/mol. The molecule has 1 atom stereocenters. The second-order valence-electron chi connectivity index (χ2n) is 3.98. The van der Waals surface area contributed by atoms with E-state index in [1.165, 1.54) is 0 Å². The van der Waals surface area contributed by atoms with Crippen molar-refractivity contribution in [3.63, 3.8) is 0 Å². The number of hydrogen-bond donors (Lipinski definition) is 1. The van der Waals surface area contributed by atoms with Crippen molar-refractivity contribution in [3.05, 3.63) is 22.4 Å². The van der Waals surface area contributed by atoms with E-state index in [0.717, 1.165) is 5.56 Å². The Morgan fingerprint density at radius 1 is 1.56 bits per heavy atom. The molecule has 4 nitrogen and oxygen atoms in total.